The molecule has 0 saturated heterocycles. The second-order valence-corrected chi connectivity index (χ2v) is 22.5. The Morgan fingerprint density at radius 1 is 0.833 bits per heavy atom. The van der Waals surface area contributed by atoms with Crippen molar-refractivity contribution in [3.05, 3.63) is 99.5 Å². The molecular formula is C31H56PSi3Ti. The van der Waals surface area contributed by atoms with E-state index in [0.717, 1.165) is 23.7 Å². The molecule has 0 N–H and O–H groups in total. The maximum Gasteiger partial charge on any atom is 3.00 e. The third kappa shape index (κ3) is 12.7. The summed E-state index contributed by atoms with van der Waals surface area (Å²) in [5.41, 5.74) is 0. The van der Waals surface area contributed by atoms with Gasteiger partial charge >= 0.3 is 21.7 Å². The van der Waals surface area contributed by atoms with E-state index in [2.05, 4.69) is 92.4 Å². The molecule has 5 heteroatoms. The summed E-state index contributed by atoms with van der Waals surface area (Å²) < 4.78 is 0. The van der Waals surface area contributed by atoms with Gasteiger partial charge in [0.15, 0.2) is 0 Å². The normalized spacial score (nSPS) is 23.1. The van der Waals surface area contributed by atoms with Crippen LogP contribution in [-0.2, 0) is 21.7 Å². The fourth-order valence-electron chi connectivity index (χ4n) is 4.81. The minimum absolute atomic E-state index is 0. The smallest absolute Gasteiger partial charge is 0.358 e. The molecule has 2 saturated carbocycles. The third-order valence-corrected chi connectivity index (χ3v) is 11.9. The standard InChI is InChI=1S/C13H17.C10H22Si2.C6H7P.2CH3.H4Si.Ti/c1-3-7-12-10(5-1)9-11-6-2-4-8-13(11)12;1-9(11(3,4)5)10(2)12(6,7)8;7-6-4-2-1-3-5-6;;;;/h1,3,5,7,9-13H,2,4,6,8H2;1-2H2,3-8H3;1-5H,7H2;2*1H3;1H4;/q-1;;;2*-1;;+3. The number of allylic oxidation sites excluding steroid dienone is 6. The van der Waals surface area contributed by atoms with E-state index in [4.69, 9.17) is 0 Å². The fraction of sp³-hybridized carbons (Fsp3) is 0.452. The van der Waals surface area contributed by atoms with Crippen molar-refractivity contribution in [2.45, 2.75) is 65.0 Å². The van der Waals surface area contributed by atoms with Crippen molar-refractivity contribution in [3.63, 3.8) is 0 Å². The average Bonchev–Trinajstić information content (AvgIpc) is 3.11. The van der Waals surface area contributed by atoms with Crippen LogP contribution < -0.4 is 5.30 Å². The van der Waals surface area contributed by atoms with Crippen molar-refractivity contribution in [1.82, 2.24) is 0 Å². The zero-order chi connectivity index (χ0) is 23.9. The van der Waals surface area contributed by atoms with Crippen molar-refractivity contribution in [3.8, 4) is 0 Å². The summed E-state index contributed by atoms with van der Waals surface area (Å²) in [6.45, 7) is 22.4. The van der Waals surface area contributed by atoms with Crippen molar-refractivity contribution in [2.24, 2.45) is 23.7 Å². The number of hydrogen-bond acceptors (Lipinski definition) is 0. The summed E-state index contributed by atoms with van der Waals surface area (Å²) in [5, 5.41) is 3.96. The molecule has 5 atom stereocenters. The van der Waals surface area contributed by atoms with E-state index >= 15 is 0 Å². The summed E-state index contributed by atoms with van der Waals surface area (Å²) in [7, 11) is 0.244. The van der Waals surface area contributed by atoms with Gasteiger partial charge in [0.1, 0.15) is 0 Å². The van der Waals surface area contributed by atoms with Crippen LogP contribution in [0.1, 0.15) is 25.7 Å². The van der Waals surface area contributed by atoms with Crippen LogP contribution in [-0.4, -0.2) is 27.1 Å². The Balaban J connectivity index is -0.000000446. The molecule has 201 valence electrons. The molecule has 1 aromatic carbocycles. The molecule has 1 radical (unpaired) electrons. The minimum atomic E-state index is -1.19. The van der Waals surface area contributed by atoms with Crippen LogP contribution in [0, 0.1) is 44.9 Å². The maximum atomic E-state index is 4.19. The second kappa shape index (κ2) is 18.3. The van der Waals surface area contributed by atoms with E-state index in [1.165, 1.54) is 41.4 Å². The molecular weight excluding hydrogens is 535 g/mol. The third-order valence-electron chi connectivity index (χ3n) is 7.04. The monoisotopic (exact) mass is 591 g/mol. The Bertz CT molecular complexity index is 794. The van der Waals surface area contributed by atoms with Crippen LogP contribution in [0.3, 0.4) is 0 Å². The van der Waals surface area contributed by atoms with Crippen LogP contribution in [0.15, 0.2) is 78.2 Å². The van der Waals surface area contributed by atoms with Gasteiger partial charge in [-0.3, -0.25) is 0 Å². The Kier molecular flexibility index (Phi) is 20.6. The Labute approximate surface area is 250 Å². The molecule has 0 aromatic heterocycles. The van der Waals surface area contributed by atoms with Gasteiger partial charge in [0, 0.05) is 0 Å². The first-order chi connectivity index (χ1) is 14.9. The van der Waals surface area contributed by atoms with E-state index in [-0.39, 0.29) is 47.5 Å². The molecule has 0 amide bonds. The predicted octanol–water partition coefficient (Wildman–Crippen LogP) is 7.86. The molecule has 0 heterocycles. The molecule has 0 bridgehead atoms. The number of fused-ring (bicyclic) bond motifs is 3. The van der Waals surface area contributed by atoms with Gasteiger partial charge in [0.25, 0.3) is 0 Å². The van der Waals surface area contributed by atoms with E-state index in [1.807, 2.05) is 30.3 Å². The van der Waals surface area contributed by atoms with Crippen molar-refractivity contribution >= 4 is 41.7 Å². The van der Waals surface area contributed by atoms with E-state index < -0.39 is 16.1 Å². The molecule has 0 nitrogen and oxygen atoms in total. The van der Waals surface area contributed by atoms with E-state index in [9.17, 15) is 0 Å². The first-order valence-corrected chi connectivity index (χ1v) is 19.9. The molecule has 4 rings (SSSR count). The topological polar surface area (TPSA) is 0 Å². The summed E-state index contributed by atoms with van der Waals surface area (Å²) in [6, 6.07) is 10.1. The van der Waals surface area contributed by atoms with Gasteiger partial charge in [0.05, 0.1) is 16.1 Å². The molecule has 2 fully saturated rings. The van der Waals surface area contributed by atoms with E-state index in [0.29, 0.717) is 0 Å². The van der Waals surface area contributed by atoms with Gasteiger partial charge < -0.3 is 21.3 Å². The first-order valence-electron chi connectivity index (χ1n) is 12.3. The molecule has 3 aliphatic carbocycles. The van der Waals surface area contributed by atoms with Crippen LogP contribution in [0.4, 0.5) is 0 Å². The molecule has 0 aliphatic heterocycles. The zero-order valence-electron chi connectivity index (χ0n) is 23.9. The largest absolute Gasteiger partial charge is 3.00 e. The minimum Gasteiger partial charge on any atom is -0.358 e. The molecule has 3 aliphatic rings. The van der Waals surface area contributed by atoms with E-state index in [1.54, 1.807) is 0 Å². The van der Waals surface area contributed by atoms with Crippen LogP contribution in [0.2, 0.25) is 39.3 Å². The van der Waals surface area contributed by atoms with Gasteiger partial charge in [-0.25, -0.2) is 0 Å². The van der Waals surface area contributed by atoms with Crippen LogP contribution in [0.25, 0.3) is 0 Å². The Morgan fingerprint density at radius 3 is 1.75 bits per heavy atom. The fourth-order valence-corrected chi connectivity index (χ4v) is 9.09. The summed E-state index contributed by atoms with van der Waals surface area (Å²) >= 11 is 0. The van der Waals surface area contributed by atoms with Gasteiger partial charge in [-0.05, 0) is 22.2 Å². The van der Waals surface area contributed by atoms with Crippen molar-refractivity contribution in [1.29, 1.82) is 0 Å². The van der Waals surface area contributed by atoms with Crippen LogP contribution in [0.5, 0.6) is 0 Å². The Hall–Kier alpha value is -0.0251. The zero-order valence-corrected chi connectivity index (χ0v) is 28.6. The van der Waals surface area contributed by atoms with Gasteiger partial charge in [-0.1, -0.05) is 143 Å². The molecule has 1 aromatic rings. The van der Waals surface area contributed by atoms with Gasteiger partial charge in [-0.15, -0.1) is 21.2 Å². The first kappa shape index (κ1) is 40.5. The van der Waals surface area contributed by atoms with Gasteiger partial charge in [-0.2, -0.15) is 5.92 Å². The number of hydrogen-bond donors (Lipinski definition) is 0. The Morgan fingerprint density at radius 2 is 1.31 bits per heavy atom. The number of benzene rings is 1. The maximum absolute atomic E-state index is 4.19. The molecule has 36 heavy (non-hydrogen) atoms. The average molecular weight is 592 g/mol. The number of rotatable bonds is 3. The summed E-state index contributed by atoms with van der Waals surface area (Å²) in [6.07, 6.45) is 17.8. The second-order valence-electron chi connectivity index (χ2n) is 11.6. The summed E-state index contributed by atoms with van der Waals surface area (Å²) in [4.78, 5) is 0. The SMILES string of the molecule is C1=CC2[CH-]C3CCCCC3C2C=C1.C=C(C(=C)[Si](C)(C)C)[Si](C)(C)C.Pc1ccccc1.[CH3-].[CH3-].[SiH4].[Ti+3]. The van der Waals surface area contributed by atoms with Gasteiger partial charge in [0.2, 0.25) is 0 Å². The molecule has 0 spiro atoms. The quantitative estimate of drug-likeness (QED) is 0.145. The van der Waals surface area contributed by atoms with Crippen molar-refractivity contribution in [2.75, 3.05) is 0 Å². The van der Waals surface area contributed by atoms with Crippen LogP contribution >= 0.6 is 9.24 Å². The molecule has 5 unspecified atom stereocenters. The van der Waals surface area contributed by atoms with Crippen molar-refractivity contribution < 1.29 is 21.7 Å². The summed E-state index contributed by atoms with van der Waals surface area (Å²) in [5.74, 6) is 3.56. The predicted molar refractivity (Wildman–Crippen MR) is 180 cm³/mol.